The molecule has 0 aromatic heterocycles. The number of piperazine rings is 1. The molecule has 1 aliphatic rings. The molecule has 1 fully saturated rings. The third-order valence-corrected chi connectivity index (χ3v) is 4.74. The quantitative estimate of drug-likeness (QED) is 0.861. The third kappa shape index (κ3) is 4.49. The molecule has 28 heavy (non-hydrogen) atoms. The van der Waals surface area contributed by atoms with Gasteiger partial charge in [0.25, 0.3) is 0 Å². The number of carbonyl (C=O) groups excluding carboxylic acids is 1. The Labute approximate surface area is 161 Å². The average molecular weight is 393 g/mol. The van der Waals surface area contributed by atoms with Crippen molar-refractivity contribution >= 4 is 11.7 Å². The molecular formula is C20H22F3N3O2. The fourth-order valence-electron chi connectivity index (χ4n) is 3.27. The molecule has 0 bridgehead atoms. The fraction of sp³-hybridized carbons (Fsp3) is 0.350. The highest BCUT2D eigenvalue weighted by Gasteiger charge is 2.35. The lowest BCUT2D eigenvalue weighted by molar-refractivity contribution is -0.137. The summed E-state index contributed by atoms with van der Waals surface area (Å²) >= 11 is 0. The van der Waals surface area contributed by atoms with E-state index in [0.29, 0.717) is 38.5 Å². The van der Waals surface area contributed by atoms with Crippen LogP contribution in [0, 0.1) is 0 Å². The molecule has 1 heterocycles. The molecule has 1 N–H and O–H groups in total. The van der Waals surface area contributed by atoms with Gasteiger partial charge in [-0.15, -0.1) is 0 Å². The highest BCUT2D eigenvalue weighted by Crippen LogP contribution is 2.36. The van der Waals surface area contributed by atoms with Gasteiger partial charge in [-0.25, -0.2) is 4.79 Å². The summed E-state index contributed by atoms with van der Waals surface area (Å²) in [5, 5.41) is 2.84. The molecule has 3 rings (SSSR count). The van der Waals surface area contributed by atoms with Crippen LogP contribution in [0.3, 0.4) is 0 Å². The van der Waals surface area contributed by atoms with Gasteiger partial charge < -0.3 is 19.9 Å². The topological polar surface area (TPSA) is 44.8 Å². The second-order valence-corrected chi connectivity index (χ2v) is 6.46. The summed E-state index contributed by atoms with van der Waals surface area (Å²) in [6.45, 7) is 1.71. The Bertz CT molecular complexity index is 818. The summed E-state index contributed by atoms with van der Waals surface area (Å²) in [4.78, 5) is 15.7. The van der Waals surface area contributed by atoms with E-state index in [-0.39, 0.29) is 11.7 Å². The first-order chi connectivity index (χ1) is 13.4. The minimum Gasteiger partial charge on any atom is -0.496 e. The number of alkyl halides is 3. The summed E-state index contributed by atoms with van der Waals surface area (Å²) < 4.78 is 44.9. The molecule has 1 saturated heterocycles. The molecule has 2 aromatic carbocycles. The summed E-state index contributed by atoms with van der Waals surface area (Å²) in [6, 6.07) is 12.7. The molecular weight excluding hydrogens is 371 g/mol. The molecule has 8 heteroatoms. The van der Waals surface area contributed by atoms with E-state index in [9.17, 15) is 18.0 Å². The van der Waals surface area contributed by atoms with Gasteiger partial charge in [0.15, 0.2) is 0 Å². The van der Waals surface area contributed by atoms with Crippen LogP contribution in [0.15, 0.2) is 48.5 Å². The van der Waals surface area contributed by atoms with E-state index < -0.39 is 11.7 Å². The van der Waals surface area contributed by atoms with Gasteiger partial charge in [-0.2, -0.15) is 13.2 Å². The van der Waals surface area contributed by atoms with Crippen LogP contribution < -0.4 is 15.0 Å². The van der Waals surface area contributed by atoms with E-state index in [1.165, 1.54) is 12.1 Å². The van der Waals surface area contributed by atoms with Crippen LogP contribution in [-0.4, -0.2) is 44.2 Å². The summed E-state index contributed by atoms with van der Waals surface area (Å²) in [7, 11) is 1.57. The number of nitrogens with zero attached hydrogens (tertiary/aromatic N) is 2. The smallest absolute Gasteiger partial charge is 0.418 e. The number of carbonyl (C=O) groups is 1. The number of rotatable bonds is 4. The second kappa shape index (κ2) is 8.41. The van der Waals surface area contributed by atoms with Crippen LogP contribution in [0.25, 0.3) is 0 Å². The summed E-state index contributed by atoms with van der Waals surface area (Å²) in [6.07, 6.45) is -4.40. The van der Waals surface area contributed by atoms with Crippen molar-refractivity contribution in [3.8, 4) is 5.75 Å². The normalized spacial score (nSPS) is 14.7. The predicted molar refractivity (Wildman–Crippen MR) is 100 cm³/mol. The van der Waals surface area contributed by atoms with Gasteiger partial charge in [0.1, 0.15) is 5.75 Å². The maximum atomic E-state index is 13.2. The number of halogens is 3. The Morgan fingerprint density at radius 1 is 1.04 bits per heavy atom. The largest absolute Gasteiger partial charge is 0.496 e. The van der Waals surface area contributed by atoms with E-state index in [1.54, 1.807) is 23.0 Å². The number of amides is 2. The number of methoxy groups -OCH3 is 1. The third-order valence-electron chi connectivity index (χ3n) is 4.74. The minimum atomic E-state index is -4.40. The first-order valence-electron chi connectivity index (χ1n) is 8.96. The lowest BCUT2D eigenvalue weighted by Crippen LogP contribution is -2.52. The zero-order chi connectivity index (χ0) is 20.1. The maximum absolute atomic E-state index is 13.2. The molecule has 0 saturated carbocycles. The Morgan fingerprint density at radius 2 is 1.68 bits per heavy atom. The molecule has 2 aromatic rings. The molecule has 1 aliphatic heterocycles. The zero-order valence-electron chi connectivity index (χ0n) is 15.5. The van der Waals surface area contributed by atoms with Gasteiger partial charge in [-0.3, -0.25) is 0 Å². The number of urea groups is 1. The summed E-state index contributed by atoms with van der Waals surface area (Å²) in [5.74, 6) is 0.691. The van der Waals surface area contributed by atoms with Gasteiger partial charge >= 0.3 is 12.2 Å². The Kier molecular flexibility index (Phi) is 5.96. The SMILES string of the molecule is COc1ccccc1CNC(=O)N1CCN(c2ccccc2C(F)(F)F)CC1. The molecule has 0 radical (unpaired) electrons. The molecule has 0 spiro atoms. The predicted octanol–water partition coefficient (Wildman–Crippen LogP) is 3.75. The average Bonchev–Trinajstić information content (AvgIpc) is 2.71. The highest BCUT2D eigenvalue weighted by molar-refractivity contribution is 5.74. The van der Waals surface area contributed by atoms with Gasteiger partial charge in [-0.05, 0) is 18.2 Å². The van der Waals surface area contributed by atoms with E-state index in [4.69, 9.17) is 4.74 Å². The van der Waals surface area contributed by atoms with Crippen LogP contribution in [0.5, 0.6) is 5.75 Å². The van der Waals surface area contributed by atoms with Crippen molar-refractivity contribution in [1.82, 2.24) is 10.2 Å². The Balaban J connectivity index is 1.58. The van der Waals surface area contributed by atoms with Crippen LogP contribution in [-0.2, 0) is 12.7 Å². The summed E-state index contributed by atoms with van der Waals surface area (Å²) in [5.41, 5.74) is 0.365. The van der Waals surface area contributed by atoms with E-state index in [0.717, 1.165) is 11.6 Å². The van der Waals surface area contributed by atoms with Crippen LogP contribution in [0.2, 0.25) is 0 Å². The second-order valence-electron chi connectivity index (χ2n) is 6.46. The molecule has 150 valence electrons. The monoisotopic (exact) mass is 393 g/mol. The number of para-hydroxylation sites is 2. The number of hydrogen-bond acceptors (Lipinski definition) is 3. The van der Waals surface area contributed by atoms with Crippen molar-refractivity contribution in [1.29, 1.82) is 0 Å². The lowest BCUT2D eigenvalue weighted by atomic mass is 10.1. The van der Waals surface area contributed by atoms with Gasteiger partial charge in [0.05, 0.1) is 12.7 Å². The van der Waals surface area contributed by atoms with Crippen LogP contribution in [0.1, 0.15) is 11.1 Å². The minimum absolute atomic E-state index is 0.157. The number of hydrogen-bond donors (Lipinski definition) is 1. The van der Waals surface area contributed by atoms with Crippen molar-refractivity contribution in [3.05, 3.63) is 59.7 Å². The fourth-order valence-corrected chi connectivity index (χ4v) is 3.27. The molecule has 2 amide bonds. The van der Waals surface area contributed by atoms with Crippen molar-refractivity contribution in [2.24, 2.45) is 0 Å². The van der Waals surface area contributed by atoms with Crippen molar-refractivity contribution in [2.45, 2.75) is 12.7 Å². The van der Waals surface area contributed by atoms with Gasteiger partial charge in [0.2, 0.25) is 0 Å². The Hall–Kier alpha value is -2.90. The molecule has 5 nitrogen and oxygen atoms in total. The van der Waals surface area contributed by atoms with Gasteiger partial charge in [0, 0.05) is 44.0 Å². The number of nitrogens with one attached hydrogen (secondary N) is 1. The highest BCUT2D eigenvalue weighted by atomic mass is 19.4. The number of benzene rings is 2. The van der Waals surface area contributed by atoms with E-state index in [2.05, 4.69) is 5.32 Å². The van der Waals surface area contributed by atoms with Gasteiger partial charge in [-0.1, -0.05) is 30.3 Å². The van der Waals surface area contributed by atoms with Crippen molar-refractivity contribution in [2.75, 3.05) is 38.2 Å². The number of anilines is 1. The first kappa shape index (κ1) is 19.9. The standard InChI is InChI=1S/C20H22F3N3O2/c1-28-18-9-5-2-6-15(18)14-24-19(27)26-12-10-25(11-13-26)17-8-4-3-7-16(17)20(21,22)23/h2-9H,10-14H2,1H3,(H,24,27). The van der Waals surface area contributed by atoms with Crippen LogP contribution >= 0.6 is 0 Å². The van der Waals surface area contributed by atoms with Crippen molar-refractivity contribution < 1.29 is 22.7 Å². The molecule has 0 atom stereocenters. The Morgan fingerprint density at radius 3 is 2.36 bits per heavy atom. The molecule has 0 aliphatic carbocycles. The maximum Gasteiger partial charge on any atom is 0.418 e. The number of ether oxygens (including phenoxy) is 1. The van der Waals surface area contributed by atoms with Crippen molar-refractivity contribution in [3.63, 3.8) is 0 Å². The van der Waals surface area contributed by atoms with E-state index >= 15 is 0 Å². The van der Waals surface area contributed by atoms with Crippen LogP contribution in [0.4, 0.5) is 23.7 Å². The van der Waals surface area contributed by atoms with E-state index in [1.807, 2.05) is 24.3 Å². The first-order valence-corrected chi connectivity index (χ1v) is 8.96. The molecule has 0 unspecified atom stereocenters. The zero-order valence-corrected chi connectivity index (χ0v) is 15.5. The lowest BCUT2D eigenvalue weighted by Gasteiger charge is -2.37.